The van der Waals surface area contributed by atoms with Gasteiger partial charge in [-0.3, -0.25) is 0 Å². The second-order valence-corrected chi connectivity index (χ2v) is 3.02. The maximum absolute atomic E-state index is 8.35. The van der Waals surface area contributed by atoms with Crippen molar-refractivity contribution in [3.05, 3.63) is 34.3 Å². The molecule has 1 N–H and O–H groups in total. The Balaban J connectivity index is 2.52. The molecular formula is C8H9BrO2. The third-order valence-corrected chi connectivity index (χ3v) is 1.80. The molecule has 0 radical (unpaired) electrons. The third-order valence-electron chi connectivity index (χ3n) is 1.27. The van der Waals surface area contributed by atoms with Gasteiger partial charge in [-0.1, -0.05) is 28.1 Å². The minimum atomic E-state index is -0.226. The minimum Gasteiger partial charge on any atom is -0.371 e. The molecule has 0 aliphatic rings. The van der Waals surface area contributed by atoms with E-state index in [1.807, 2.05) is 24.3 Å². The lowest BCUT2D eigenvalue weighted by Crippen LogP contribution is -1.92. The second-order valence-electron chi connectivity index (χ2n) is 2.10. The summed E-state index contributed by atoms with van der Waals surface area (Å²) in [6.45, 7) is 0.236. The van der Waals surface area contributed by atoms with Crippen LogP contribution >= 0.6 is 15.9 Å². The smallest absolute Gasteiger partial charge is 0.144 e. The van der Waals surface area contributed by atoms with E-state index < -0.39 is 0 Å². The van der Waals surface area contributed by atoms with Crippen molar-refractivity contribution in [3.8, 4) is 0 Å². The van der Waals surface area contributed by atoms with Crippen molar-refractivity contribution in [2.75, 3.05) is 6.79 Å². The lowest BCUT2D eigenvalue weighted by Gasteiger charge is -1.99. The molecule has 1 aromatic rings. The number of ether oxygens (including phenoxy) is 1. The summed E-state index contributed by atoms with van der Waals surface area (Å²) >= 11 is 3.32. The first-order valence-corrected chi connectivity index (χ1v) is 4.05. The van der Waals surface area contributed by atoms with Crippen LogP contribution < -0.4 is 0 Å². The highest BCUT2D eigenvalue weighted by atomic mass is 79.9. The van der Waals surface area contributed by atoms with E-state index in [0.29, 0.717) is 6.61 Å². The normalized spacial score (nSPS) is 10.0. The highest BCUT2D eigenvalue weighted by molar-refractivity contribution is 9.10. The van der Waals surface area contributed by atoms with Gasteiger partial charge >= 0.3 is 0 Å². The van der Waals surface area contributed by atoms with Crippen LogP contribution in [-0.4, -0.2) is 11.9 Å². The maximum atomic E-state index is 8.35. The van der Waals surface area contributed by atoms with Crippen LogP contribution in [0.5, 0.6) is 0 Å². The molecule has 0 bridgehead atoms. The monoisotopic (exact) mass is 216 g/mol. The zero-order chi connectivity index (χ0) is 8.10. The van der Waals surface area contributed by atoms with Crippen molar-refractivity contribution < 1.29 is 9.84 Å². The molecule has 0 saturated heterocycles. The Morgan fingerprint density at radius 2 is 1.91 bits per heavy atom. The zero-order valence-corrected chi connectivity index (χ0v) is 7.54. The van der Waals surface area contributed by atoms with Gasteiger partial charge in [0.25, 0.3) is 0 Å². The predicted molar refractivity (Wildman–Crippen MR) is 46.0 cm³/mol. The number of rotatable bonds is 3. The SMILES string of the molecule is OCOCc1ccc(Br)cc1. The molecule has 60 valence electrons. The fraction of sp³-hybridized carbons (Fsp3) is 0.250. The van der Waals surface area contributed by atoms with Crippen LogP contribution in [-0.2, 0) is 11.3 Å². The molecule has 0 saturated carbocycles. The van der Waals surface area contributed by atoms with Crippen molar-refractivity contribution in [2.45, 2.75) is 6.61 Å². The fourth-order valence-electron chi connectivity index (χ4n) is 0.744. The number of halogens is 1. The van der Waals surface area contributed by atoms with Gasteiger partial charge in [-0.15, -0.1) is 0 Å². The molecule has 0 aliphatic carbocycles. The number of aliphatic hydroxyl groups excluding tert-OH is 1. The highest BCUT2D eigenvalue weighted by Gasteiger charge is 1.90. The van der Waals surface area contributed by atoms with Gasteiger partial charge < -0.3 is 9.84 Å². The third kappa shape index (κ3) is 3.01. The Morgan fingerprint density at radius 3 is 2.45 bits per heavy atom. The van der Waals surface area contributed by atoms with Gasteiger partial charge in [-0.05, 0) is 17.7 Å². The summed E-state index contributed by atoms with van der Waals surface area (Å²) in [7, 11) is 0. The molecule has 3 heteroatoms. The summed E-state index contributed by atoms with van der Waals surface area (Å²) < 4.78 is 5.85. The first-order chi connectivity index (χ1) is 5.33. The van der Waals surface area contributed by atoms with Crippen molar-refractivity contribution in [3.63, 3.8) is 0 Å². The van der Waals surface area contributed by atoms with Crippen LogP contribution in [0.4, 0.5) is 0 Å². The molecule has 0 atom stereocenters. The summed E-state index contributed by atoms with van der Waals surface area (Å²) in [4.78, 5) is 0. The molecule has 2 nitrogen and oxygen atoms in total. The van der Waals surface area contributed by atoms with E-state index in [1.54, 1.807) is 0 Å². The van der Waals surface area contributed by atoms with Crippen LogP contribution in [0.2, 0.25) is 0 Å². The van der Waals surface area contributed by atoms with E-state index in [-0.39, 0.29) is 6.79 Å². The van der Waals surface area contributed by atoms with E-state index in [2.05, 4.69) is 15.9 Å². The molecule has 0 amide bonds. The van der Waals surface area contributed by atoms with E-state index in [9.17, 15) is 0 Å². The molecule has 0 fully saturated rings. The van der Waals surface area contributed by atoms with Crippen LogP contribution in [0.1, 0.15) is 5.56 Å². The molecule has 0 heterocycles. The average Bonchev–Trinajstić information content (AvgIpc) is 2.04. The van der Waals surface area contributed by atoms with Gasteiger partial charge in [0.15, 0.2) is 0 Å². The van der Waals surface area contributed by atoms with Gasteiger partial charge in [0.05, 0.1) is 6.61 Å². The zero-order valence-electron chi connectivity index (χ0n) is 5.96. The molecule has 0 aromatic heterocycles. The Kier molecular flexibility index (Phi) is 3.56. The van der Waals surface area contributed by atoms with Crippen LogP contribution in [0.25, 0.3) is 0 Å². The molecule has 11 heavy (non-hydrogen) atoms. The summed E-state index contributed by atoms with van der Waals surface area (Å²) in [5.74, 6) is 0. The van der Waals surface area contributed by atoms with Gasteiger partial charge in [-0.2, -0.15) is 0 Å². The lowest BCUT2D eigenvalue weighted by molar-refractivity contribution is -0.0112. The highest BCUT2D eigenvalue weighted by Crippen LogP contribution is 2.10. The molecule has 0 unspecified atom stereocenters. The largest absolute Gasteiger partial charge is 0.371 e. The Morgan fingerprint density at radius 1 is 1.27 bits per heavy atom. The molecule has 1 rings (SSSR count). The Bertz CT molecular complexity index is 208. The summed E-state index contributed by atoms with van der Waals surface area (Å²) in [6.07, 6.45) is 0. The minimum absolute atomic E-state index is 0.226. The van der Waals surface area contributed by atoms with Crippen molar-refractivity contribution in [1.29, 1.82) is 0 Å². The standard InChI is InChI=1S/C8H9BrO2/c9-8-3-1-7(2-4-8)5-11-6-10/h1-4,10H,5-6H2. The van der Waals surface area contributed by atoms with Crippen molar-refractivity contribution in [2.24, 2.45) is 0 Å². The van der Waals surface area contributed by atoms with Crippen LogP contribution in [0.15, 0.2) is 28.7 Å². The molecule has 1 aromatic carbocycles. The topological polar surface area (TPSA) is 29.5 Å². The Hall–Kier alpha value is -0.380. The van der Waals surface area contributed by atoms with Crippen LogP contribution in [0.3, 0.4) is 0 Å². The fourth-order valence-corrected chi connectivity index (χ4v) is 1.01. The second kappa shape index (κ2) is 4.49. The predicted octanol–water partition coefficient (Wildman–Crippen LogP) is 1.92. The van der Waals surface area contributed by atoms with Crippen molar-refractivity contribution in [1.82, 2.24) is 0 Å². The quantitative estimate of drug-likeness (QED) is 0.783. The molecule has 0 aliphatic heterocycles. The van der Waals surface area contributed by atoms with Gasteiger partial charge in [0.2, 0.25) is 0 Å². The van der Waals surface area contributed by atoms with Crippen LogP contribution in [0, 0.1) is 0 Å². The van der Waals surface area contributed by atoms with Gasteiger partial charge in [-0.25, -0.2) is 0 Å². The number of aliphatic hydroxyl groups is 1. The Labute approximate surface area is 73.9 Å². The van der Waals surface area contributed by atoms with E-state index >= 15 is 0 Å². The summed E-state index contributed by atoms with van der Waals surface area (Å²) in [5, 5.41) is 8.35. The molecular weight excluding hydrogens is 208 g/mol. The lowest BCUT2D eigenvalue weighted by atomic mass is 10.2. The summed E-state index contributed by atoms with van der Waals surface area (Å²) in [6, 6.07) is 7.77. The van der Waals surface area contributed by atoms with E-state index in [0.717, 1.165) is 10.0 Å². The number of hydrogen-bond acceptors (Lipinski definition) is 2. The van der Waals surface area contributed by atoms with Crippen molar-refractivity contribution >= 4 is 15.9 Å². The first kappa shape index (κ1) is 8.71. The van der Waals surface area contributed by atoms with E-state index in [4.69, 9.17) is 9.84 Å². The van der Waals surface area contributed by atoms with Gasteiger partial charge in [0, 0.05) is 4.47 Å². The van der Waals surface area contributed by atoms with Gasteiger partial charge in [0.1, 0.15) is 6.79 Å². The number of benzene rings is 1. The first-order valence-electron chi connectivity index (χ1n) is 3.26. The maximum Gasteiger partial charge on any atom is 0.144 e. The van der Waals surface area contributed by atoms with E-state index in [1.165, 1.54) is 0 Å². The molecule has 0 spiro atoms. The average molecular weight is 217 g/mol. The summed E-state index contributed by atoms with van der Waals surface area (Å²) in [5.41, 5.74) is 1.06. The number of hydrogen-bond donors (Lipinski definition) is 1.